The van der Waals surface area contributed by atoms with Gasteiger partial charge in [0, 0.05) is 17.8 Å². The molecule has 3 rings (SSSR count). The first kappa shape index (κ1) is 27.0. The highest BCUT2D eigenvalue weighted by Crippen LogP contribution is 2.37. The van der Waals surface area contributed by atoms with E-state index in [2.05, 4.69) is 4.72 Å². The second kappa shape index (κ2) is 10.2. The van der Waals surface area contributed by atoms with Crippen LogP contribution in [0.15, 0.2) is 71.6 Å². The number of carbonyl (C=O) groups is 1. The molecule has 3 aromatic rings. The summed E-state index contributed by atoms with van der Waals surface area (Å²) in [5.74, 6) is -1.27. The summed E-state index contributed by atoms with van der Waals surface area (Å²) in [5.41, 5.74) is -3.71. The van der Waals surface area contributed by atoms with E-state index in [0.717, 1.165) is 18.2 Å². The number of anilines is 1. The van der Waals surface area contributed by atoms with Crippen LogP contribution in [0.3, 0.4) is 0 Å². The molecule has 0 aliphatic heterocycles. The molecule has 13 heteroatoms. The Bertz CT molecular complexity index is 1330. The predicted octanol–water partition coefficient (Wildman–Crippen LogP) is 5.46. The zero-order valence-electron chi connectivity index (χ0n) is 18.4. The van der Waals surface area contributed by atoms with E-state index in [1.165, 1.54) is 7.11 Å². The van der Waals surface area contributed by atoms with Gasteiger partial charge in [0.2, 0.25) is 10.0 Å². The number of hydrogen-bond donors (Lipinski definition) is 2. The van der Waals surface area contributed by atoms with Crippen molar-refractivity contribution in [2.75, 3.05) is 12.4 Å². The van der Waals surface area contributed by atoms with E-state index >= 15 is 0 Å². The first-order chi connectivity index (χ1) is 16.7. The van der Waals surface area contributed by atoms with Crippen LogP contribution in [-0.4, -0.2) is 21.4 Å². The number of nitrogens with one attached hydrogen (secondary N) is 2. The number of ether oxygens (including phenoxy) is 1. The Balaban J connectivity index is 1.92. The monoisotopic (exact) mass is 532 g/mol. The Morgan fingerprint density at radius 3 is 1.97 bits per heavy atom. The van der Waals surface area contributed by atoms with Crippen molar-refractivity contribution in [2.45, 2.75) is 23.8 Å². The SMILES string of the molecule is COc1ccc(C(=O)Nc2cc(C(F)(F)F)cc(C(F)(F)F)c2)cc1S(=O)(=O)NCc1ccccc1. The summed E-state index contributed by atoms with van der Waals surface area (Å²) in [7, 11) is -3.05. The van der Waals surface area contributed by atoms with Crippen molar-refractivity contribution in [1.29, 1.82) is 0 Å². The third-order valence-electron chi connectivity index (χ3n) is 4.87. The first-order valence-electron chi connectivity index (χ1n) is 10.0. The van der Waals surface area contributed by atoms with Crippen LogP contribution >= 0.6 is 0 Å². The minimum atomic E-state index is -5.10. The molecular weight excluding hydrogens is 514 g/mol. The van der Waals surface area contributed by atoms with E-state index in [4.69, 9.17) is 4.74 Å². The molecule has 0 radical (unpaired) electrons. The van der Waals surface area contributed by atoms with Gasteiger partial charge >= 0.3 is 12.4 Å². The molecule has 0 aliphatic rings. The van der Waals surface area contributed by atoms with E-state index < -0.39 is 50.0 Å². The van der Waals surface area contributed by atoms with E-state index in [-0.39, 0.29) is 23.9 Å². The van der Waals surface area contributed by atoms with Gasteiger partial charge in [-0.3, -0.25) is 4.79 Å². The third-order valence-corrected chi connectivity index (χ3v) is 6.29. The smallest absolute Gasteiger partial charge is 0.416 e. The van der Waals surface area contributed by atoms with Gasteiger partial charge in [-0.25, -0.2) is 13.1 Å². The minimum absolute atomic E-state index is 0.0773. The summed E-state index contributed by atoms with van der Waals surface area (Å²) in [5, 5.41) is 1.96. The van der Waals surface area contributed by atoms with Gasteiger partial charge in [0.1, 0.15) is 10.6 Å². The van der Waals surface area contributed by atoms with Crippen LogP contribution in [0.5, 0.6) is 5.75 Å². The summed E-state index contributed by atoms with van der Waals surface area (Å²) < 4.78 is 112. The van der Waals surface area contributed by atoms with E-state index in [0.29, 0.717) is 17.7 Å². The van der Waals surface area contributed by atoms with Gasteiger partial charge in [-0.05, 0) is 42.0 Å². The number of carbonyl (C=O) groups excluding carboxylic acids is 1. The average Bonchev–Trinajstić information content (AvgIpc) is 2.81. The standard InChI is InChI=1S/C23H18F6N2O4S/c1-35-19-8-7-15(9-20(19)36(33,34)30-13-14-5-3-2-4-6-14)21(32)31-18-11-16(22(24,25)26)10-17(12-18)23(27,28)29/h2-12,30H,13H2,1H3,(H,31,32). The average molecular weight is 532 g/mol. The van der Waals surface area contributed by atoms with Gasteiger partial charge in [-0.15, -0.1) is 0 Å². The normalized spacial score (nSPS) is 12.3. The maximum atomic E-state index is 13.1. The lowest BCUT2D eigenvalue weighted by atomic mass is 10.1. The molecule has 0 atom stereocenters. The number of sulfonamides is 1. The lowest BCUT2D eigenvalue weighted by Crippen LogP contribution is -2.24. The molecule has 1 amide bonds. The Hall–Kier alpha value is -3.58. The van der Waals surface area contributed by atoms with Crippen molar-refractivity contribution in [3.8, 4) is 5.75 Å². The van der Waals surface area contributed by atoms with Crippen LogP contribution in [0.2, 0.25) is 0 Å². The van der Waals surface area contributed by atoms with Gasteiger partial charge in [0.05, 0.1) is 18.2 Å². The fraction of sp³-hybridized carbons (Fsp3) is 0.174. The quantitative estimate of drug-likeness (QED) is 0.396. The number of halogens is 6. The second-order valence-electron chi connectivity index (χ2n) is 7.42. The fourth-order valence-electron chi connectivity index (χ4n) is 3.11. The molecule has 0 saturated heterocycles. The summed E-state index contributed by atoms with van der Waals surface area (Å²) in [6, 6.07) is 12.3. The molecule has 0 aromatic heterocycles. The molecule has 192 valence electrons. The Morgan fingerprint density at radius 1 is 0.861 bits per heavy atom. The molecule has 0 spiro atoms. The van der Waals surface area contributed by atoms with Crippen LogP contribution in [0, 0.1) is 0 Å². The Morgan fingerprint density at radius 2 is 1.44 bits per heavy atom. The maximum Gasteiger partial charge on any atom is 0.416 e. The Kier molecular flexibility index (Phi) is 7.65. The number of benzene rings is 3. The lowest BCUT2D eigenvalue weighted by Gasteiger charge is -2.15. The zero-order chi connectivity index (χ0) is 26.7. The van der Waals surface area contributed by atoms with Crippen LogP contribution < -0.4 is 14.8 Å². The van der Waals surface area contributed by atoms with Gasteiger partial charge in [-0.1, -0.05) is 30.3 Å². The molecule has 0 heterocycles. The molecule has 3 aromatic carbocycles. The van der Waals surface area contributed by atoms with Crippen molar-refractivity contribution in [3.05, 3.63) is 89.0 Å². The van der Waals surface area contributed by atoms with Crippen molar-refractivity contribution in [3.63, 3.8) is 0 Å². The highest BCUT2D eigenvalue weighted by atomic mass is 32.2. The van der Waals surface area contributed by atoms with Crippen molar-refractivity contribution >= 4 is 21.6 Å². The molecule has 0 bridgehead atoms. The summed E-state index contributed by atoms with van der Waals surface area (Å²) in [6.45, 7) is -0.0901. The number of amides is 1. The van der Waals surface area contributed by atoms with Crippen molar-refractivity contribution < 1.29 is 44.3 Å². The molecule has 0 unspecified atom stereocenters. The molecule has 0 saturated carbocycles. The molecule has 0 fully saturated rings. The van der Waals surface area contributed by atoms with Gasteiger partial charge in [0.25, 0.3) is 5.91 Å². The number of alkyl halides is 6. The maximum absolute atomic E-state index is 13.1. The summed E-state index contributed by atoms with van der Waals surface area (Å²) in [4.78, 5) is 12.2. The summed E-state index contributed by atoms with van der Waals surface area (Å²) in [6.07, 6.45) is -10.2. The lowest BCUT2D eigenvalue weighted by molar-refractivity contribution is -0.143. The molecular formula is C23H18F6N2O4S. The molecule has 6 nitrogen and oxygen atoms in total. The highest BCUT2D eigenvalue weighted by Gasteiger charge is 2.37. The van der Waals surface area contributed by atoms with Crippen molar-refractivity contribution in [2.24, 2.45) is 0 Å². The van der Waals surface area contributed by atoms with Crippen LogP contribution in [0.4, 0.5) is 32.0 Å². The first-order valence-corrected chi connectivity index (χ1v) is 11.5. The van der Waals surface area contributed by atoms with Crippen LogP contribution in [-0.2, 0) is 28.9 Å². The van der Waals surface area contributed by atoms with E-state index in [1.54, 1.807) is 30.3 Å². The largest absolute Gasteiger partial charge is 0.495 e. The third kappa shape index (κ3) is 6.55. The minimum Gasteiger partial charge on any atom is -0.495 e. The van der Waals surface area contributed by atoms with Crippen LogP contribution in [0.1, 0.15) is 27.0 Å². The second-order valence-corrected chi connectivity index (χ2v) is 9.16. The fourth-order valence-corrected chi connectivity index (χ4v) is 4.32. The number of rotatable bonds is 7. The van der Waals surface area contributed by atoms with Gasteiger partial charge < -0.3 is 10.1 Å². The van der Waals surface area contributed by atoms with E-state index in [1.807, 2.05) is 5.32 Å². The summed E-state index contributed by atoms with van der Waals surface area (Å²) >= 11 is 0. The molecule has 36 heavy (non-hydrogen) atoms. The number of hydrogen-bond acceptors (Lipinski definition) is 4. The topological polar surface area (TPSA) is 84.5 Å². The molecule has 0 aliphatic carbocycles. The van der Waals surface area contributed by atoms with Crippen LogP contribution in [0.25, 0.3) is 0 Å². The zero-order valence-corrected chi connectivity index (χ0v) is 19.2. The van der Waals surface area contributed by atoms with Crippen molar-refractivity contribution in [1.82, 2.24) is 4.72 Å². The Labute approximate surface area is 201 Å². The van der Waals surface area contributed by atoms with Gasteiger partial charge in [-0.2, -0.15) is 26.3 Å². The molecule has 2 N–H and O–H groups in total. The highest BCUT2D eigenvalue weighted by molar-refractivity contribution is 7.89. The predicted molar refractivity (Wildman–Crippen MR) is 118 cm³/mol. The van der Waals surface area contributed by atoms with Gasteiger partial charge in [0.15, 0.2) is 0 Å². The number of methoxy groups -OCH3 is 1. The van der Waals surface area contributed by atoms with E-state index in [9.17, 15) is 39.6 Å².